The first kappa shape index (κ1) is 8.56. The number of ether oxygens (including phenoxy) is 1. The van der Waals surface area contributed by atoms with Crippen LogP contribution in [-0.4, -0.2) is 16.4 Å². The fourth-order valence-corrected chi connectivity index (χ4v) is 1.26. The maximum Gasteiger partial charge on any atom is 0.145 e. The van der Waals surface area contributed by atoms with Crippen LogP contribution in [0, 0.1) is 12.8 Å². The van der Waals surface area contributed by atoms with Gasteiger partial charge < -0.3 is 10.5 Å². The van der Waals surface area contributed by atoms with Gasteiger partial charge in [-0.25, -0.2) is 4.68 Å². The molecule has 4 heteroatoms. The van der Waals surface area contributed by atoms with Crippen molar-refractivity contribution < 1.29 is 4.74 Å². The summed E-state index contributed by atoms with van der Waals surface area (Å²) in [6.07, 6.45) is 2.64. The van der Waals surface area contributed by atoms with Gasteiger partial charge >= 0.3 is 0 Å². The SMILES string of the molecule is Cc1cc(N)nn1COCC1CC1. The molecule has 72 valence electrons. The van der Waals surface area contributed by atoms with Crippen molar-refractivity contribution in [3.05, 3.63) is 11.8 Å². The van der Waals surface area contributed by atoms with Crippen molar-refractivity contribution in [2.75, 3.05) is 12.3 Å². The topological polar surface area (TPSA) is 53.1 Å². The zero-order valence-corrected chi connectivity index (χ0v) is 7.86. The van der Waals surface area contributed by atoms with Crippen LogP contribution in [0.25, 0.3) is 0 Å². The van der Waals surface area contributed by atoms with E-state index in [2.05, 4.69) is 5.10 Å². The van der Waals surface area contributed by atoms with Gasteiger partial charge in [-0.15, -0.1) is 0 Å². The molecule has 0 unspecified atom stereocenters. The van der Waals surface area contributed by atoms with Gasteiger partial charge in [0.05, 0.1) is 6.61 Å². The first-order valence-electron chi connectivity index (χ1n) is 4.63. The number of rotatable bonds is 4. The summed E-state index contributed by atoms with van der Waals surface area (Å²) in [4.78, 5) is 0. The summed E-state index contributed by atoms with van der Waals surface area (Å²) in [6, 6.07) is 1.85. The van der Waals surface area contributed by atoms with E-state index in [0.717, 1.165) is 18.2 Å². The van der Waals surface area contributed by atoms with Gasteiger partial charge in [-0.05, 0) is 25.7 Å². The molecule has 1 heterocycles. The van der Waals surface area contributed by atoms with Crippen molar-refractivity contribution in [3.8, 4) is 0 Å². The number of aryl methyl sites for hydroxylation is 1. The standard InChI is InChI=1S/C9H15N3O/c1-7-4-9(10)11-12(7)6-13-5-8-2-3-8/h4,8H,2-3,5-6H2,1H3,(H2,10,11). The Labute approximate surface area is 77.7 Å². The lowest BCUT2D eigenvalue weighted by Gasteiger charge is -2.04. The van der Waals surface area contributed by atoms with E-state index in [1.165, 1.54) is 12.8 Å². The molecule has 0 saturated heterocycles. The van der Waals surface area contributed by atoms with Gasteiger partial charge in [0.15, 0.2) is 0 Å². The summed E-state index contributed by atoms with van der Waals surface area (Å²) >= 11 is 0. The molecule has 4 nitrogen and oxygen atoms in total. The smallest absolute Gasteiger partial charge is 0.145 e. The monoisotopic (exact) mass is 181 g/mol. The predicted octanol–water partition coefficient (Wildman–Crippen LogP) is 1.16. The summed E-state index contributed by atoms with van der Waals surface area (Å²) in [5.74, 6) is 1.36. The van der Waals surface area contributed by atoms with Crippen LogP contribution in [0.2, 0.25) is 0 Å². The first-order chi connectivity index (χ1) is 6.25. The van der Waals surface area contributed by atoms with Crippen molar-refractivity contribution in [3.63, 3.8) is 0 Å². The maximum atomic E-state index is 5.54. The number of hydrogen-bond donors (Lipinski definition) is 1. The molecule has 1 aromatic heterocycles. The lowest BCUT2D eigenvalue weighted by molar-refractivity contribution is 0.0601. The Morgan fingerprint density at radius 2 is 2.46 bits per heavy atom. The molecule has 0 aromatic carbocycles. The number of nitrogens with two attached hydrogens (primary N) is 1. The maximum absolute atomic E-state index is 5.54. The van der Waals surface area contributed by atoms with E-state index in [0.29, 0.717) is 12.5 Å². The number of nitrogens with zero attached hydrogens (tertiary/aromatic N) is 2. The van der Waals surface area contributed by atoms with E-state index in [1.54, 1.807) is 4.68 Å². The second-order valence-electron chi connectivity index (χ2n) is 3.65. The predicted molar refractivity (Wildman–Crippen MR) is 50.1 cm³/mol. The number of anilines is 1. The Bertz CT molecular complexity index is 291. The van der Waals surface area contributed by atoms with Gasteiger partial charge in [0, 0.05) is 11.8 Å². The molecule has 0 bridgehead atoms. The fourth-order valence-electron chi connectivity index (χ4n) is 1.26. The molecule has 1 saturated carbocycles. The van der Waals surface area contributed by atoms with Crippen molar-refractivity contribution in [2.45, 2.75) is 26.5 Å². The average molecular weight is 181 g/mol. The second-order valence-corrected chi connectivity index (χ2v) is 3.65. The minimum absolute atomic E-state index is 0.527. The highest BCUT2D eigenvalue weighted by molar-refractivity contribution is 5.28. The molecule has 0 aliphatic heterocycles. The molecule has 0 radical (unpaired) electrons. The second kappa shape index (κ2) is 3.38. The Hall–Kier alpha value is -1.03. The lowest BCUT2D eigenvalue weighted by Crippen LogP contribution is -2.07. The zero-order valence-electron chi connectivity index (χ0n) is 7.86. The summed E-state index contributed by atoms with van der Waals surface area (Å²) in [5, 5.41) is 4.10. The molecular weight excluding hydrogens is 166 g/mol. The number of aromatic nitrogens is 2. The molecule has 1 aromatic rings. The van der Waals surface area contributed by atoms with E-state index in [-0.39, 0.29) is 0 Å². The van der Waals surface area contributed by atoms with E-state index in [4.69, 9.17) is 10.5 Å². The van der Waals surface area contributed by atoms with E-state index in [9.17, 15) is 0 Å². The Balaban J connectivity index is 1.81. The number of nitrogen functional groups attached to an aromatic ring is 1. The summed E-state index contributed by atoms with van der Waals surface area (Å²) in [7, 11) is 0. The third kappa shape index (κ3) is 2.21. The Kier molecular flexibility index (Phi) is 2.22. The van der Waals surface area contributed by atoms with E-state index >= 15 is 0 Å². The van der Waals surface area contributed by atoms with Crippen LogP contribution >= 0.6 is 0 Å². The van der Waals surface area contributed by atoms with Crippen LogP contribution in [0.3, 0.4) is 0 Å². The van der Waals surface area contributed by atoms with Crippen LogP contribution in [-0.2, 0) is 11.5 Å². The lowest BCUT2D eigenvalue weighted by atomic mass is 10.5. The highest BCUT2D eigenvalue weighted by Crippen LogP contribution is 2.28. The summed E-state index contributed by atoms with van der Waals surface area (Å²) < 4.78 is 7.27. The molecular formula is C9H15N3O. The largest absolute Gasteiger partial charge is 0.382 e. The van der Waals surface area contributed by atoms with E-state index < -0.39 is 0 Å². The molecule has 2 rings (SSSR count). The summed E-state index contributed by atoms with van der Waals surface area (Å²) in [5.41, 5.74) is 6.59. The molecule has 1 fully saturated rings. The molecule has 1 aliphatic carbocycles. The van der Waals surface area contributed by atoms with Gasteiger partial charge in [0.25, 0.3) is 0 Å². The molecule has 1 aliphatic rings. The highest BCUT2D eigenvalue weighted by Gasteiger charge is 2.21. The molecule has 13 heavy (non-hydrogen) atoms. The average Bonchev–Trinajstić information content (AvgIpc) is 2.81. The highest BCUT2D eigenvalue weighted by atomic mass is 16.5. The van der Waals surface area contributed by atoms with Gasteiger partial charge in [0.2, 0.25) is 0 Å². The van der Waals surface area contributed by atoms with Crippen molar-refractivity contribution in [2.24, 2.45) is 5.92 Å². The van der Waals surface area contributed by atoms with Gasteiger partial charge in [-0.3, -0.25) is 0 Å². The third-order valence-corrected chi connectivity index (χ3v) is 2.26. The van der Waals surface area contributed by atoms with Gasteiger partial charge in [0.1, 0.15) is 12.5 Å². The van der Waals surface area contributed by atoms with Crippen LogP contribution < -0.4 is 5.73 Å². The van der Waals surface area contributed by atoms with Crippen molar-refractivity contribution in [1.82, 2.24) is 9.78 Å². The van der Waals surface area contributed by atoms with Crippen LogP contribution in [0.5, 0.6) is 0 Å². The Morgan fingerprint density at radius 1 is 1.69 bits per heavy atom. The minimum Gasteiger partial charge on any atom is -0.382 e. The molecule has 0 atom stereocenters. The van der Waals surface area contributed by atoms with E-state index in [1.807, 2.05) is 13.0 Å². The van der Waals surface area contributed by atoms with Crippen molar-refractivity contribution >= 4 is 5.82 Å². The quantitative estimate of drug-likeness (QED) is 0.758. The van der Waals surface area contributed by atoms with Gasteiger partial charge in [-0.2, -0.15) is 5.10 Å². The van der Waals surface area contributed by atoms with Crippen molar-refractivity contribution in [1.29, 1.82) is 0 Å². The fraction of sp³-hybridized carbons (Fsp3) is 0.667. The minimum atomic E-state index is 0.527. The molecule has 0 amide bonds. The molecule has 0 spiro atoms. The third-order valence-electron chi connectivity index (χ3n) is 2.26. The van der Waals surface area contributed by atoms with Crippen LogP contribution in [0.1, 0.15) is 18.5 Å². The van der Waals surface area contributed by atoms with Crippen LogP contribution in [0.4, 0.5) is 5.82 Å². The normalized spacial score (nSPS) is 16.4. The summed E-state index contributed by atoms with van der Waals surface area (Å²) in [6.45, 7) is 3.36. The number of hydrogen-bond acceptors (Lipinski definition) is 3. The Morgan fingerprint density at radius 3 is 3.00 bits per heavy atom. The molecule has 2 N–H and O–H groups in total. The van der Waals surface area contributed by atoms with Gasteiger partial charge in [-0.1, -0.05) is 0 Å². The zero-order chi connectivity index (χ0) is 9.26. The first-order valence-corrected chi connectivity index (χ1v) is 4.63. The van der Waals surface area contributed by atoms with Crippen LogP contribution in [0.15, 0.2) is 6.07 Å².